The number of rotatable bonds is 2. The molecule has 7 heteroatoms. The van der Waals surface area contributed by atoms with E-state index in [0.717, 1.165) is 12.8 Å². The average Bonchev–Trinajstić information content (AvgIpc) is 2.74. The second-order valence-electron chi connectivity index (χ2n) is 4.58. The first kappa shape index (κ1) is 11.5. The summed E-state index contributed by atoms with van der Waals surface area (Å²) >= 11 is 6.29. The van der Waals surface area contributed by atoms with Crippen LogP contribution < -0.4 is 11.0 Å². The molecule has 0 aliphatic heterocycles. The first-order valence-corrected chi connectivity index (χ1v) is 6.51. The van der Waals surface area contributed by atoms with Gasteiger partial charge < -0.3 is 5.32 Å². The Labute approximate surface area is 108 Å². The van der Waals surface area contributed by atoms with E-state index in [-0.39, 0.29) is 17.1 Å². The van der Waals surface area contributed by atoms with E-state index in [1.165, 1.54) is 23.6 Å². The van der Waals surface area contributed by atoms with Gasteiger partial charge in [-0.05, 0) is 12.8 Å². The molecule has 3 rings (SSSR count). The molecule has 2 aromatic heterocycles. The maximum absolute atomic E-state index is 11.3. The van der Waals surface area contributed by atoms with Crippen LogP contribution in [0.2, 0.25) is 0 Å². The second-order valence-corrected chi connectivity index (χ2v) is 5.14. The predicted molar refractivity (Wildman–Crippen MR) is 69.1 cm³/mol. The highest BCUT2D eigenvalue weighted by Crippen LogP contribution is 2.25. The van der Waals surface area contributed by atoms with Crippen LogP contribution in [0.15, 0.2) is 17.2 Å². The van der Waals surface area contributed by atoms with Gasteiger partial charge in [0.1, 0.15) is 12.1 Å². The molecule has 0 aromatic carbocycles. The number of aromatic nitrogens is 4. The van der Waals surface area contributed by atoms with E-state index in [4.69, 9.17) is 11.6 Å². The summed E-state index contributed by atoms with van der Waals surface area (Å²) in [5.41, 5.74) is 0.274. The molecule has 2 aromatic rings. The van der Waals surface area contributed by atoms with Gasteiger partial charge in [-0.1, -0.05) is 12.8 Å². The molecule has 0 radical (unpaired) electrons. The highest BCUT2D eigenvalue weighted by molar-refractivity contribution is 6.21. The molecule has 1 aliphatic rings. The third-order valence-electron chi connectivity index (χ3n) is 3.32. The minimum atomic E-state index is -0.281. The summed E-state index contributed by atoms with van der Waals surface area (Å²) in [6.07, 6.45) is 5.92. The Morgan fingerprint density at radius 2 is 2.28 bits per heavy atom. The smallest absolute Gasteiger partial charge is 0.348 e. The zero-order chi connectivity index (χ0) is 12.5. The van der Waals surface area contributed by atoms with E-state index in [1.54, 1.807) is 6.07 Å². The normalized spacial score (nSPS) is 24.3. The summed E-state index contributed by atoms with van der Waals surface area (Å²) in [4.78, 5) is 15.5. The van der Waals surface area contributed by atoms with Crippen LogP contribution in [-0.4, -0.2) is 31.0 Å². The number of alkyl halides is 1. The number of H-pyrrole nitrogens is 1. The highest BCUT2D eigenvalue weighted by Gasteiger charge is 2.23. The van der Waals surface area contributed by atoms with Crippen molar-refractivity contribution in [2.24, 2.45) is 0 Å². The molecule has 0 spiro atoms. The van der Waals surface area contributed by atoms with Crippen LogP contribution in [0.4, 0.5) is 5.82 Å². The fourth-order valence-electron chi connectivity index (χ4n) is 2.33. The van der Waals surface area contributed by atoms with Crippen molar-refractivity contribution in [3.8, 4) is 0 Å². The molecular formula is C11H14ClN5O. The molecule has 0 saturated heterocycles. The zero-order valence-electron chi connectivity index (χ0n) is 9.77. The molecule has 1 fully saturated rings. The summed E-state index contributed by atoms with van der Waals surface area (Å²) in [5, 5.41) is 9.74. The van der Waals surface area contributed by atoms with Crippen molar-refractivity contribution in [1.82, 2.24) is 19.6 Å². The van der Waals surface area contributed by atoms with Crippen molar-refractivity contribution >= 4 is 23.1 Å². The Kier molecular flexibility index (Phi) is 2.95. The zero-order valence-corrected chi connectivity index (χ0v) is 10.5. The SMILES string of the molecule is O=c1[nH]nc2cc(NC3CCCCC3Cl)ncn12. The van der Waals surface area contributed by atoms with Gasteiger partial charge in [0.25, 0.3) is 0 Å². The average molecular weight is 268 g/mol. The van der Waals surface area contributed by atoms with Crippen molar-refractivity contribution in [3.63, 3.8) is 0 Å². The third kappa shape index (κ3) is 2.08. The van der Waals surface area contributed by atoms with E-state index < -0.39 is 0 Å². The molecule has 18 heavy (non-hydrogen) atoms. The summed E-state index contributed by atoms with van der Waals surface area (Å²) < 4.78 is 1.37. The first-order valence-electron chi connectivity index (χ1n) is 6.07. The number of anilines is 1. The molecule has 2 N–H and O–H groups in total. The topological polar surface area (TPSA) is 75.1 Å². The van der Waals surface area contributed by atoms with Crippen molar-refractivity contribution in [3.05, 3.63) is 22.9 Å². The number of aromatic amines is 1. The van der Waals surface area contributed by atoms with Crippen LogP contribution in [0.3, 0.4) is 0 Å². The van der Waals surface area contributed by atoms with Gasteiger partial charge in [-0.2, -0.15) is 5.10 Å². The number of fused-ring (bicyclic) bond motifs is 1. The summed E-state index contributed by atoms with van der Waals surface area (Å²) in [6.45, 7) is 0. The molecular weight excluding hydrogens is 254 g/mol. The lowest BCUT2D eigenvalue weighted by atomic mass is 9.95. The van der Waals surface area contributed by atoms with Gasteiger partial charge in [-0.25, -0.2) is 19.3 Å². The Bertz CT molecular complexity index is 607. The van der Waals surface area contributed by atoms with Crippen molar-refractivity contribution in [1.29, 1.82) is 0 Å². The van der Waals surface area contributed by atoms with Gasteiger partial charge in [-0.3, -0.25) is 0 Å². The number of nitrogens with zero attached hydrogens (tertiary/aromatic N) is 3. The molecule has 96 valence electrons. The van der Waals surface area contributed by atoms with E-state index in [1.807, 2.05) is 0 Å². The molecule has 2 atom stereocenters. The summed E-state index contributed by atoms with van der Waals surface area (Å²) in [6, 6.07) is 1.98. The van der Waals surface area contributed by atoms with Crippen LogP contribution in [0.1, 0.15) is 25.7 Å². The molecule has 0 amide bonds. The van der Waals surface area contributed by atoms with Crippen LogP contribution in [0.5, 0.6) is 0 Å². The summed E-state index contributed by atoms with van der Waals surface area (Å²) in [5.74, 6) is 0.707. The number of hydrogen-bond acceptors (Lipinski definition) is 4. The highest BCUT2D eigenvalue weighted by atomic mass is 35.5. The van der Waals surface area contributed by atoms with E-state index in [2.05, 4.69) is 20.5 Å². The van der Waals surface area contributed by atoms with E-state index >= 15 is 0 Å². The molecule has 2 unspecified atom stereocenters. The Hall–Kier alpha value is -1.56. The van der Waals surface area contributed by atoms with Crippen LogP contribution in [0.25, 0.3) is 5.65 Å². The van der Waals surface area contributed by atoms with Crippen molar-refractivity contribution < 1.29 is 0 Å². The first-order chi connectivity index (χ1) is 8.74. The fraction of sp³-hybridized carbons (Fsp3) is 0.545. The maximum atomic E-state index is 11.3. The minimum absolute atomic E-state index is 0.137. The van der Waals surface area contributed by atoms with Crippen LogP contribution in [-0.2, 0) is 0 Å². The molecule has 1 saturated carbocycles. The van der Waals surface area contributed by atoms with E-state index in [9.17, 15) is 4.79 Å². The molecule has 0 bridgehead atoms. The largest absolute Gasteiger partial charge is 0.366 e. The summed E-state index contributed by atoms with van der Waals surface area (Å²) in [7, 11) is 0. The number of halogens is 1. The number of hydrogen-bond donors (Lipinski definition) is 2. The lowest BCUT2D eigenvalue weighted by Crippen LogP contribution is -2.33. The Morgan fingerprint density at radius 1 is 1.44 bits per heavy atom. The van der Waals surface area contributed by atoms with Gasteiger partial charge in [0.2, 0.25) is 0 Å². The standard InChI is InChI=1S/C11H14ClN5O/c12-7-3-1-2-4-8(7)14-9-5-10-15-16-11(18)17(10)6-13-9/h5-8,14H,1-4H2,(H,16,18). The van der Waals surface area contributed by atoms with Gasteiger partial charge >= 0.3 is 5.69 Å². The maximum Gasteiger partial charge on any atom is 0.348 e. The monoisotopic (exact) mass is 267 g/mol. The van der Waals surface area contributed by atoms with E-state index in [0.29, 0.717) is 11.5 Å². The second kappa shape index (κ2) is 4.61. The minimum Gasteiger partial charge on any atom is -0.366 e. The predicted octanol–water partition coefficient (Wildman–Crippen LogP) is 1.38. The Morgan fingerprint density at radius 3 is 3.11 bits per heavy atom. The van der Waals surface area contributed by atoms with Gasteiger partial charge in [0, 0.05) is 12.1 Å². The fourth-order valence-corrected chi connectivity index (χ4v) is 2.67. The van der Waals surface area contributed by atoms with Crippen LogP contribution in [0, 0.1) is 0 Å². The lowest BCUT2D eigenvalue weighted by molar-refractivity contribution is 0.468. The van der Waals surface area contributed by atoms with Crippen LogP contribution >= 0.6 is 11.6 Å². The van der Waals surface area contributed by atoms with Gasteiger partial charge in [0.05, 0.1) is 5.38 Å². The quantitative estimate of drug-likeness (QED) is 0.806. The number of nitrogens with one attached hydrogen (secondary N) is 2. The third-order valence-corrected chi connectivity index (χ3v) is 3.85. The van der Waals surface area contributed by atoms with Crippen molar-refractivity contribution in [2.45, 2.75) is 37.1 Å². The molecule has 2 heterocycles. The van der Waals surface area contributed by atoms with Crippen molar-refractivity contribution in [2.75, 3.05) is 5.32 Å². The Balaban J connectivity index is 1.83. The molecule has 1 aliphatic carbocycles. The van der Waals surface area contributed by atoms with Gasteiger partial charge in [0.15, 0.2) is 5.65 Å². The molecule has 6 nitrogen and oxygen atoms in total. The lowest BCUT2D eigenvalue weighted by Gasteiger charge is -2.28. The van der Waals surface area contributed by atoms with Gasteiger partial charge in [-0.15, -0.1) is 11.6 Å².